The molecule has 0 saturated heterocycles. The smallest absolute Gasteiger partial charge is 0.325 e. The summed E-state index contributed by atoms with van der Waals surface area (Å²) in [5.74, 6) is -1.13. The molecule has 19 heavy (non-hydrogen) atoms. The molecule has 0 aromatic heterocycles. The summed E-state index contributed by atoms with van der Waals surface area (Å²) in [6.45, 7) is 0.556. The van der Waals surface area contributed by atoms with Gasteiger partial charge in [0, 0.05) is 17.7 Å². The number of nitrogens with one attached hydrogen (secondary N) is 1. The largest absolute Gasteiger partial charge is 0.480 e. The van der Waals surface area contributed by atoms with Crippen molar-refractivity contribution >= 4 is 15.8 Å². The summed E-state index contributed by atoms with van der Waals surface area (Å²) in [7, 11) is -3.43. The van der Waals surface area contributed by atoms with Crippen LogP contribution in [0.4, 0.5) is 0 Å². The van der Waals surface area contributed by atoms with Gasteiger partial charge in [0.25, 0.3) is 0 Å². The van der Waals surface area contributed by atoms with Crippen molar-refractivity contribution in [2.24, 2.45) is 5.11 Å². The van der Waals surface area contributed by atoms with E-state index < -0.39 is 26.6 Å². The molecule has 0 aromatic rings. The molecule has 0 bridgehead atoms. The van der Waals surface area contributed by atoms with Gasteiger partial charge in [0.2, 0.25) is 0 Å². The van der Waals surface area contributed by atoms with Crippen LogP contribution in [0.2, 0.25) is 0 Å². The van der Waals surface area contributed by atoms with Gasteiger partial charge in [0.15, 0.2) is 9.84 Å². The number of hydrogen-bond acceptors (Lipinski definition) is 5. The molecule has 1 fully saturated rings. The SMILES string of the molecule is CS(=O)(=O)C1CCCC1(NCCCN=[N+]=[N-])C(=O)O. The predicted octanol–water partition coefficient (Wildman–Crippen LogP) is 0.697. The third-order valence-electron chi connectivity index (χ3n) is 3.42. The highest BCUT2D eigenvalue weighted by atomic mass is 32.2. The van der Waals surface area contributed by atoms with E-state index in [0.29, 0.717) is 32.2 Å². The van der Waals surface area contributed by atoms with Crippen molar-refractivity contribution in [2.75, 3.05) is 19.3 Å². The Kier molecular flexibility index (Phi) is 5.16. The van der Waals surface area contributed by atoms with Crippen LogP contribution in [0.5, 0.6) is 0 Å². The third kappa shape index (κ3) is 3.59. The van der Waals surface area contributed by atoms with Gasteiger partial charge < -0.3 is 10.4 Å². The fourth-order valence-electron chi connectivity index (χ4n) is 2.58. The van der Waals surface area contributed by atoms with E-state index in [1.807, 2.05) is 0 Å². The summed E-state index contributed by atoms with van der Waals surface area (Å²) in [6, 6.07) is 0. The molecule has 8 nitrogen and oxygen atoms in total. The van der Waals surface area contributed by atoms with Crippen molar-refractivity contribution in [1.82, 2.24) is 5.32 Å². The van der Waals surface area contributed by atoms with Crippen molar-refractivity contribution in [3.63, 3.8) is 0 Å². The number of carbonyl (C=O) groups is 1. The van der Waals surface area contributed by atoms with E-state index in [0.717, 1.165) is 6.26 Å². The lowest BCUT2D eigenvalue weighted by atomic mass is 9.97. The molecule has 2 N–H and O–H groups in total. The van der Waals surface area contributed by atoms with Crippen molar-refractivity contribution in [1.29, 1.82) is 0 Å². The monoisotopic (exact) mass is 290 g/mol. The van der Waals surface area contributed by atoms with Gasteiger partial charge in [-0.2, -0.15) is 0 Å². The van der Waals surface area contributed by atoms with Crippen LogP contribution in [-0.4, -0.2) is 49.6 Å². The number of nitrogens with zero attached hydrogens (tertiary/aromatic N) is 3. The molecular formula is C10H18N4O4S. The van der Waals surface area contributed by atoms with Gasteiger partial charge in [-0.25, -0.2) is 8.42 Å². The third-order valence-corrected chi connectivity index (χ3v) is 5.10. The Hall–Kier alpha value is -1.31. The summed E-state index contributed by atoms with van der Waals surface area (Å²) >= 11 is 0. The minimum atomic E-state index is -3.43. The van der Waals surface area contributed by atoms with E-state index >= 15 is 0 Å². The van der Waals surface area contributed by atoms with Crippen LogP contribution >= 0.6 is 0 Å². The second kappa shape index (κ2) is 6.23. The molecule has 1 aliphatic rings. The first-order chi connectivity index (χ1) is 8.84. The zero-order valence-electron chi connectivity index (χ0n) is 10.7. The molecule has 0 amide bonds. The van der Waals surface area contributed by atoms with Gasteiger partial charge in [-0.3, -0.25) is 4.79 Å². The Bertz CT molecular complexity index is 486. The lowest BCUT2D eigenvalue weighted by Crippen LogP contribution is -2.59. The second-order valence-corrected chi connectivity index (χ2v) is 6.95. The number of carboxylic acids is 1. The van der Waals surface area contributed by atoms with Gasteiger partial charge >= 0.3 is 5.97 Å². The van der Waals surface area contributed by atoms with Crippen molar-refractivity contribution in [2.45, 2.75) is 36.5 Å². The van der Waals surface area contributed by atoms with Crippen molar-refractivity contribution < 1.29 is 18.3 Å². The average Bonchev–Trinajstić information content (AvgIpc) is 2.73. The maximum atomic E-state index is 11.7. The first kappa shape index (κ1) is 15.7. The molecule has 0 spiro atoms. The summed E-state index contributed by atoms with van der Waals surface area (Å²) < 4.78 is 23.4. The fraction of sp³-hybridized carbons (Fsp3) is 0.900. The molecule has 0 radical (unpaired) electrons. The summed E-state index contributed by atoms with van der Waals surface area (Å²) in [5.41, 5.74) is 6.72. The number of azide groups is 1. The van der Waals surface area contributed by atoms with Crippen LogP contribution in [0.15, 0.2) is 5.11 Å². The van der Waals surface area contributed by atoms with E-state index in [2.05, 4.69) is 15.3 Å². The molecule has 1 saturated carbocycles. The summed E-state index contributed by atoms with van der Waals surface area (Å²) in [6.07, 6.45) is 2.75. The fourth-order valence-corrected chi connectivity index (χ4v) is 4.21. The van der Waals surface area contributed by atoms with Crippen LogP contribution in [-0.2, 0) is 14.6 Å². The van der Waals surface area contributed by atoms with E-state index in [1.165, 1.54) is 0 Å². The highest BCUT2D eigenvalue weighted by Gasteiger charge is 2.53. The molecule has 1 rings (SSSR count). The van der Waals surface area contributed by atoms with Crippen molar-refractivity contribution in [3.8, 4) is 0 Å². The molecular weight excluding hydrogens is 272 g/mol. The minimum Gasteiger partial charge on any atom is -0.480 e. The van der Waals surface area contributed by atoms with Crippen LogP contribution in [0, 0.1) is 0 Å². The van der Waals surface area contributed by atoms with Gasteiger partial charge in [0.05, 0.1) is 5.25 Å². The normalized spacial score (nSPS) is 26.9. The standard InChI is InChI=1S/C10H18N4O4S/c1-19(17,18)8-4-2-5-10(8,9(15)16)12-6-3-7-13-14-11/h8,12H,2-7H2,1H3,(H,15,16). The predicted molar refractivity (Wildman–Crippen MR) is 69.5 cm³/mol. The second-order valence-electron chi connectivity index (χ2n) is 4.72. The highest BCUT2D eigenvalue weighted by Crippen LogP contribution is 2.35. The quantitative estimate of drug-likeness (QED) is 0.308. The molecule has 9 heteroatoms. The van der Waals surface area contributed by atoms with Gasteiger partial charge in [-0.05, 0) is 37.8 Å². The first-order valence-electron chi connectivity index (χ1n) is 6.03. The molecule has 1 aliphatic carbocycles. The van der Waals surface area contributed by atoms with Gasteiger partial charge in [-0.1, -0.05) is 5.11 Å². The average molecular weight is 290 g/mol. The molecule has 0 heterocycles. The zero-order valence-corrected chi connectivity index (χ0v) is 11.6. The molecule has 0 aliphatic heterocycles. The molecule has 0 aromatic carbocycles. The molecule has 2 atom stereocenters. The summed E-state index contributed by atoms with van der Waals surface area (Å²) in [4.78, 5) is 14.1. The van der Waals surface area contributed by atoms with Crippen LogP contribution in [0.1, 0.15) is 25.7 Å². The number of hydrogen-bond donors (Lipinski definition) is 2. The van der Waals surface area contributed by atoms with E-state index in [4.69, 9.17) is 5.53 Å². The van der Waals surface area contributed by atoms with Crippen molar-refractivity contribution in [3.05, 3.63) is 10.4 Å². The Morgan fingerprint density at radius 2 is 2.32 bits per heavy atom. The van der Waals surface area contributed by atoms with Gasteiger partial charge in [-0.15, -0.1) is 0 Å². The lowest BCUT2D eigenvalue weighted by Gasteiger charge is -2.31. The maximum Gasteiger partial charge on any atom is 0.325 e. The van der Waals surface area contributed by atoms with Crippen LogP contribution < -0.4 is 5.32 Å². The Balaban J connectivity index is 2.80. The Morgan fingerprint density at radius 3 is 2.84 bits per heavy atom. The first-order valence-corrected chi connectivity index (χ1v) is 7.98. The Morgan fingerprint density at radius 1 is 1.63 bits per heavy atom. The van der Waals surface area contributed by atoms with Crippen LogP contribution in [0.3, 0.4) is 0 Å². The number of aliphatic carboxylic acids is 1. The topological polar surface area (TPSA) is 132 Å². The zero-order chi connectivity index (χ0) is 14.5. The number of rotatable bonds is 7. The lowest BCUT2D eigenvalue weighted by molar-refractivity contribution is -0.144. The maximum absolute atomic E-state index is 11.7. The number of carboxylic acid groups (broad SMARTS) is 1. The number of sulfone groups is 1. The molecule has 108 valence electrons. The summed E-state index contributed by atoms with van der Waals surface area (Å²) in [5, 5.41) is 14.7. The van der Waals surface area contributed by atoms with Gasteiger partial charge in [0.1, 0.15) is 5.54 Å². The van der Waals surface area contributed by atoms with E-state index in [-0.39, 0.29) is 6.54 Å². The Labute approximate surface area is 111 Å². The minimum absolute atomic E-state index is 0.253. The van der Waals surface area contributed by atoms with Crippen LogP contribution in [0.25, 0.3) is 10.4 Å². The van der Waals surface area contributed by atoms with E-state index in [9.17, 15) is 18.3 Å². The highest BCUT2D eigenvalue weighted by molar-refractivity contribution is 7.91. The molecule has 2 unspecified atom stereocenters. The van der Waals surface area contributed by atoms with E-state index in [1.54, 1.807) is 0 Å².